The highest BCUT2D eigenvalue weighted by Crippen LogP contribution is 2.23. The van der Waals surface area contributed by atoms with Crippen LogP contribution in [0.3, 0.4) is 0 Å². The molecule has 2 aromatic carbocycles. The van der Waals surface area contributed by atoms with Crippen molar-refractivity contribution in [3.8, 4) is 17.1 Å². The molecule has 5 rings (SSSR count). The predicted octanol–water partition coefficient (Wildman–Crippen LogP) is 6.50. The number of carbonyl (C=O) groups excluding carboxylic acids is 1. The number of carbonyl (C=O) groups is 1. The van der Waals surface area contributed by atoms with Gasteiger partial charge in [0.1, 0.15) is 18.1 Å². The van der Waals surface area contributed by atoms with Crippen LogP contribution in [0.4, 0.5) is 5.69 Å². The first-order valence-corrected chi connectivity index (χ1v) is 13.5. The Labute approximate surface area is 240 Å². The maximum atomic E-state index is 12.6. The summed E-state index contributed by atoms with van der Waals surface area (Å²) >= 11 is 0. The van der Waals surface area contributed by atoms with Gasteiger partial charge in [0.05, 0.1) is 6.21 Å². The SMILES string of the molecule is Cc1ccc(C)n1-c1ccc(OCc2ccc(C(=O)N/N=C/c3cc(C)n(-c4ccc(N(C)C)cc4)c3C)o2)cc1. The number of rotatable bonds is 9. The number of aromatic nitrogens is 2. The molecule has 3 aromatic heterocycles. The summed E-state index contributed by atoms with van der Waals surface area (Å²) in [5, 5.41) is 4.17. The Morgan fingerprint density at radius 3 is 2.15 bits per heavy atom. The van der Waals surface area contributed by atoms with E-state index < -0.39 is 5.91 Å². The maximum absolute atomic E-state index is 12.6. The predicted molar refractivity (Wildman–Crippen MR) is 163 cm³/mol. The number of hydrazone groups is 1. The number of benzene rings is 2. The zero-order chi connectivity index (χ0) is 29.1. The molecule has 210 valence electrons. The highest BCUT2D eigenvalue weighted by molar-refractivity contribution is 5.92. The standard InChI is InChI=1S/C33H35N5O3/c1-22-7-8-23(2)37(22)28-13-15-30(16-14-28)40-21-31-17-18-32(41-31)33(39)35-34-20-26-19-24(3)38(25(26)4)29-11-9-27(10-12-29)36(5)6/h7-20H,21H2,1-6H3,(H,35,39)/b34-20+. The summed E-state index contributed by atoms with van der Waals surface area (Å²) in [5.74, 6) is 1.00. The number of nitrogens with one attached hydrogen (secondary N) is 1. The van der Waals surface area contributed by atoms with E-state index in [1.54, 1.807) is 18.3 Å². The molecule has 8 nitrogen and oxygen atoms in total. The number of anilines is 1. The van der Waals surface area contributed by atoms with Gasteiger partial charge >= 0.3 is 5.91 Å². The van der Waals surface area contributed by atoms with Crippen molar-refractivity contribution in [2.45, 2.75) is 34.3 Å². The molecule has 0 radical (unpaired) electrons. The first kappa shape index (κ1) is 27.6. The van der Waals surface area contributed by atoms with Crippen LogP contribution in [0.5, 0.6) is 5.75 Å². The lowest BCUT2D eigenvalue weighted by atomic mass is 10.2. The van der Waals surface area contributed by atoms with Crippen LogP contribution in [-0.4, -0.2) is 35.4 Å². The van der Waals surface area contributed by atoms with E-state index in [9.17, 15) is 4.79 Å². The zero-order valence-electron chi connectivity index (χ0n) is 24.3. The molecule has 0 aliphatic rings. The Bertz CT molecular complexity index is 1670. The van der Waals surface area contributed by atoms with Crippen molar-refractivity contribution in [2.24, 2.45) is 5.10 Å². The van der Waals surface area contributed by atoms with Crippen molar-refractivity contribution < 1.29 is 13.9 Å². The van der Waals surface area contributed by atoms with Gasteiger partial charge in [-0.1, -0.05) is 0 Å². The molecule has 0 aliphatic carbocycles. The van der Waals surface area contributed by atoms with Crippen molar-refractivity contribution in [3.05, 3.63) is 119 Å². The van der Waals surface area contributed by atoms with Gasteiger partial charge in [-0.2, -0.15) is 5.10 Å². The topological polar surface area (TPSA) is 76.9 Å². The molecule has 1 N–H and O–H groups in total. The van der Waals surface area contributed by atoms with E-state index in [1.165, 1.54) is 11.4 Å². The molecule has 41 heavy (non-hydrogen) atoms. The van der Waals surface area contributed by atoms with Gasteiger partial charge in [-0.3, -0.25) is 4.79 Å². The summed E-state index contributed by atoms with van der Waals surface area (Å²) in [6, 6.07) is 25.8. The fraction of sp³-hybridized carbons (Fsp3) is 0.212. The molecular weight excluding hydrogens is 514 g/mol. The Kier molecular flexibility index (Phi) is 7.83. The summed E-state index contributed by atoms with van der Waals surface area (Å²) in [6.45, 7) is 8.45. The second-order valence-electron chi connectivity index (χ2n) is 10.3. The van der Waals surface area contributed by atoms with E-state index in [-0.39, 0.29) is 12.4 Å². The number of ether oxygens (including phenoxy) is 1. The zero-order valence-corrected chi connectivity index (χ0v) is 24.3. The molecule has 0 saturated heterocycles. The summed E-state index contributed by atoms with van der Waals surface area (Å²) < 4.78 is 15.9. The normalized spacial score (nSPS) is 11.3. The average Bonchev–Trinajstić information content (AvgIpc) is 3.65. The van der Waals surface area contributed by atoms with Crippen LogP contribution in [0.1, 0.15) is 44.7 Å². The smallest absolute Gasteiger partial charge is 0.307 e. The Hall–Kier alpha value is -4.98. The van der Waals surface area contributed by atoms with Gasteiger partial charge in [-0.05, 0) is 107 Å². The highest BCUT2D eigenvalue weighted by atomic mass is 16.5. The molecule has 0 fully saturated rings. The lowest BCUT2D eigenvalue weighted by Gasteiger charge is -2.14. The summed E-state index contributed by atoms with van der Waals surface area (Å²) in [5.41, 5.74) is 11.2. The molecule has 3 heterocycles. The van der Waals surface area contributed by atoms with Crippen molar-refractivity contribution in [1.29, 1.82) is 0 Å². The quantitative estimate of drug-likeness (QED) is 0.168. The minimum Gasteiger partial charge on any atom is -0.486 e. The van der Waals surface area contributed by atoms with Crippen LogP contribution >= 0.6 is 0 Å². The van der Waals surface area contributed by atoms with Crippen LogP contribution < -0.4 is 15.1 Å². The Morgan fingerprint density at radius 2 is 1.49 bits per heavy atom. The molecule has 0 spiro atoms. The van der Waals surface area contributed by atoms with Gasteiger partial charge in [0.2, 0.25) is 0 Å². The Balaban J connectivity index is 1.17. The minimum absolute atomic E-state index is 0.168. The van der Waals surface area contributed by atoms with Crippen molar-refractivity contribution >= 4 is 17.8 Å². The van der Waals surface area contributed by atoms with Crippen molar-refractivity contribution in [1.82, 2.24) is 14.6 Å². The highest BCUT2D eigenvalue weighted by Gasteiger charge is 2.13. The van der Waals surface area contributed by atoms with E-state index in [0.29, 0.717) is 5.76 Å². The van der Waals surface area contributed by atoms with Gasteiger partial charge in [0, 0.05) is 59.5 Å². The number of hydrogen-bond acceptors (Lipinski definition) is 5. The van der Waals surface area contributed by atoms with Gasteiger partial charge in [-0.15, -0.1) is 0 Å². The molecule has 5 aromatic rings. The second kappa shape index (κ2) is 11.6. The fourth-order valence-corrected chi connectivity index (χ4v) is 4.93. The second-order valence-corrected chi connectivity index (χ2v) is 10.3. The monoisotopic (exact) mass is 549 g/mol. The molecule has 8 heteroatoms. The first-order chi connectivity index (χ1) is 19.7. The summed E-state index contributed by atoms with van der Waals surface area (Å²) in [7, 11) is 4.04. The third-order valence-electron chi connectivity index (χ3n) is 7.10. The molecule has 1 amide bonds. The largest absolute Gasteiger partial charge is 0.486 e. The number of furan rings is 1. The molecule has 0 aliphatic heterocycles. The first-order valence-electron chi connectivity index (χ1n) is 13.5. The van der Waals surface area contributed by atoms with Crippen LogP contribution in [0.15, 0.2) is 88.4 Å². The summed E-state index contributed by atoms with van der Waals surface area (Å²) in [4.78, 5) is 14.7. The molecule has 0 saturated carbocycles. The van der Waals surface area contributed by atoms with E-state index in [4.69, 9.17) is 9.15 Å². The number of nitrogens with zero attached hydrogens (tertiary/aromatic N) is 4. The van der Waals surface area contributed by atoms with Gasteiger partial charge in [0.15, 0.2) is 5.76 Å². The molecule has 0 atom stereocenters. The van der Waals surface area contributed by atoms with E-state index in [2.05, 4.69) is 74.8 Å². The number of hydrogen-bond donors (Lipinski definition) is 1. The lowest BCUT2D eigenvalue weighted by Crippen LogP contribution is -2.16. The van der Waals surface area contributed by atoms with Crippen molar-refractivity contribution in [3.63, 3.8) is 0 Å². The Morgan fingerprint density at radius 1 is 0.854 bits per heavy atom. The van der Waals surface area contributed by atoms with Crippen LogP contribution in [0.2, 0.25) is 0 Å². The number of aryl methyl sites for hydroxylation is 3. The van der Waals surface area contributed by atoms with Gasteiger partial charge in [-0.25, -0.2) is 5.43 Å². The van der Waals surface area contributed by atoms with Crippen LogP contribution in [-0.2, 0) is 6.61 Å². The average molecular weight is 550 g/mol. The minimum atomic E-state index is -0.428. The molecular formula is C33H35N5O3. The number of amides is 1. The molecule has 0 bridgehead atoms. The van der Waals surface area contributed by atoms with Crippen LogP contribution in [0, 0.1) is 27.7 Å². The van der Waals surface area contributed by atoms with Gasteiger partial charge < -0.3 is 23.2 Å². The fourth-order valence-electron chi connectivity index (χ4n) is 4.93. The van der Waals surface area contributed by atoms with Crippen LogP contribution in [0.25, 0.3) is 11.4 Å². The van der Waals surface area contributed by atoms with E-state index in [0.717, 1.165) is 39.8 Å². The lowest BCUT2D eigenvalue weighted by molar-refractivity contribution is 0.0923. The third kappa shape index (κ3) is 5.96. The van der Waals surface area contributed by atoms with Crippen molar-refractivity contribution in [2.75, 3.05) is 19.0 Å². The maximum Gasteiger partial charge on any atom is 0.307 e. The third-order valence-corrected chi connectivity index (χ3v) is 7.10. The van der Waals surface area contributed by atoms with E-state index in [1.807, 2.05) is 58.3 Å². The summed E-state index contributed by atoms with van der Waals surface area (Å²) in [6.07, 6.45) is 1.65. The van der Waals surface area contributed by atoms with E-state index >= 15 is 0 Å². The molecule has 0 unspecified atom stereocenters. The van der Waals surface area contributed by atoms with Gasteiger partial charge in [0.25, 0.3) is 0 Å².